The van der Waals surface area contributed by atoms with Crippen molar-refractivity contribution in [1.29, 1.82) is 0 Å². The van der Waals surface area contributed by atoms with Crippen LogP contribution in [0, 0.1) is 29.1 Å². The highest BCUT2D eigenvalue weighted by Crippen LogP contribution is 2.50. The highest BCUT2D eigenvalue weighted by atomic mass is 32.2. The van der Waals surface area contributed by atoms with Gasteiger partial charge in [0, 0.05) is 5.41 Å². The van der Waals surface area contributed by atoms with Crippen molar-refractivity contribution in [3.63, 3.8) is 0 Å². The minimum atomic E-state index is -5.87. The topological polar surface area (TPSA) is 107 Å². The van der Waals surface area contributed by atoms with Crippen molar-refractivity contribution in [2.75, 3.05) is 13.2 Å². The van der Waals surface area contributed by atoms with E-state index in [1.54, 1.807) is 0 Å². The fourth-order valence-corrected chi connectivity index (χ4v) is 6.12. The molecule has 0 saturated heterocycles. The second-order valence-corrected chi connectivity index (χ2v) is 11.5. The van der Waals surface area contributed by atoms with Crippen LogP contribution in [-0.2, 0) is 29.2 Å². The van der Waals surface area contributed by atoms with Gasteiger partial charge in [0.15, 0.2) is 0 Å². The summed E-state index contributed by atoms with van der Waals surface area (Å²) in [6.45, 7) is 1.92. The summed E-state index contributed by atoms with van der Waals surface area (Å²) in [5.74, 6) is -1.44. The second-order valence-electron chi connectivity index (χ2n) is 10.1. The first kappa shape index (κ1) is 24.4. The molecule has 10 heteroatoms. The summed E-state index contributed by atoms with van der Waals surface area (Å²) in [4.78, 5) is 23.8. The van der Waals surface area contributed by atoms with Crippen molar-refractivity contribution in [2.24, 2.45) is 29.1 Å². The largest absolute Gasteiger partial charge is 0.465 e. The van der Waals surface area contributed by atoms with Crippen LogP contribution in [0.5, 0.6) is 0 Å². The molecule has 3 fully saturated rings. The van der Waals surface area contributed by atoms with E-state index in [9.17, 15) is 26.8 Å². The number of alkyl halides is 2. The smallest absolute Gasteiger partial charge is 0.465 e. The number of rotatable bonds is 7. The molecular formula is C21H32F2O7S. The van der Waals surface area contributed by atoms with Gasteiger partial charge in [-0.25, -0.2) is 4.79 Å². The van der Waals surface area contributed by atoms with Crippen molar-refractivity contribution in [3.8, 4) is 0 Å². The van der Waals surface area contributed by atoms with Crippen LogP contribution in [0.3, 0.4) is 0 Å². The molecule has 31 heavy (non-hydrogen) atoms. The minimum Gasteiger partial charge on any atom is -0.465 e. The molecule has 0 spiro atoms. The van der Waals surface area contributed by atoms with E-state index in [0.717, 1.165) is 44.9 Å². The van der Waals surface area contributed by atoms with Gasteiger partial charge in [0.1, 0.15) is 0 Å². The summed E-state index contributed by atoms with van der Waals surface area (Å²) in [7, 11) is -5.87. The summed E-state index contributed by atoms with van der Waals surface area (Å²) < 4.78 is 67.0. The van der Waals surface area contributed by atoms with Gasteiger partial charge in [-0.05, 0) is 62.7 Å². The molecule has 2 unspecified atom stereocenters. The van der Waals surface area contributed by atoms with Gasteiger partial charge in [0.05, 0.1) is 19.1 Å². The molecule has 3 rings (SSSR count). The third-order valence-corrected chi connectivity index (χ3v) is 7.89. The van der Waals surface area contributed by atoms with Gasteiger partial charge in [0.25, 0.3) is 0 Å². The quantitative estimate of drug-likeness (QED) is 0.447. The van der Waals surface area contributed by atoms with Crippen LogP contribution in [0.2, 0.25) is 0 Å². The van der Waals surface area contributed by atoms with Crippen LogP contribution in [0.15, 0.2) is 0 Å². The maximum absolute atomic E-state index is 13.4. The van der Waals surface area contributed by atoms with Gasteiger partial charge in [-0.15, -0.1) is 0 Å². The van der Waals surface area contributed by atoms with Crippen LogP contribution >= 0.6 is 0 Å². The van der Waals surface area contributed by atoms with Gasteiger partial charge in [-0.2, -0.15) is 17.2 Å². The summed E-state index contributed by atoms with van der Waals surface area (Å²) in [5, 5.41) is -4.97. The summed E-state index contributed by atoms with van der Waals surface area (Å²) in [5.41, 5.74) is -0.539. The molecule has 3 aliphatic carbocycles. The van der Waals surface area contributed by atoms with E-state index in [1.165, 1.54) is 6.42 Å². The third-order valence-electron chi connectivity index (χ3n) is 7.08. The number of hydrogen-bond acceptors (Lipinski definition) is 6. The van der Waals surface area contributed by atoms with Crippen molar-refractivity contribution in [2.45, 2.75) is 76.4 Å². The summed E-state index contributed by atoms with van der Waals surface area (Å²) in [6.07, 6.45) is 9.17. The van der Waals surface area contributed by atoms with Gasteiger partial charge < -0.3 is 9.47 Å². The Bertz CT molecular complexity index is 763. The molecule has 0 aliphatic heterocycles. The molecule has 3 saturated carbocycles. The maximum Gasteiger partial charge on any atom is 0.465 e. The van der Waals surface area contributed by atoms with Crippen LogP contribution in [0.1, 0.15) is 71.1 Å². The van der Waals surface area contributed by atoms with Crippen LogP contribution in [0.25, 0.3) is 0 Å². The van der Waals surface area contributed by atoms with Gasteiger partial charge in [-0.1, -0.05) is 26.2 Å². The Hall–Kier alpha value is -1.29. The molecule has 2 bridgehead atoms. The molecule has 0 aromatic carbocycles. The molecule has 0 amide bonds. The van der Waals surface area contributed by atoms with E-state index < -0.39 is 26.8 Å². The van der Waals surface area contributed by atoms with Crippen molar-refractivity contribution in [3.05, 3.63) is 0 Å². The fraction of sp³-hybridized carbons (Fsp3) is 0.905. The summed E-state index contributed by atoms with van der Waals surface area (Å²) >= 11 is 0. The first-order valence-corrected chi connectivity index (χ1v) is 12.5. The number of ether oxygens (including phenoxy) is 2. The van der Waals surface area contributed by atoms with Gasteiger partial charge in [-0.3, -0.25) is 9.35 Å². The zero-order chi connectivity index (χ0) is 22.9. The molecule has 3 aliphatic rings. The highest BCUT2D eigenvalue weighted by Gasteiger charge is 2.55. The predicted molar refractivity (Wildman–Crippen MR) is 107 cm³/mol. The number of halogens is 2. The molecule has 0 heterocycles. The van der Waals surface area contributed by atoms with Crippen molar-refractivity contribution >= 4 is 22.1 Å². The maximum atomic E-state index is 13.4. The van der Waals surface area contributed by atoms with E-state index in [0.29, 0.717) is 31.3 Å². The number of carbonyl (C=O) groups is 2. The molecule has 0 aromatic heterocycles. The monoisotopic (exact) mass is 466 g/mol. The number of carbonyl (C=O) groups excluding carboxylic acids is 2. The molecule has 2 atom stereocenters. The van der Waals surface area contributed by atoms with E-state index in [1.807, 2.05) is 6.92 Å². The van der Waals surface area contributed by atoms with E-state index in [4.69, 9.17) is 9.29 Å². The zero-order valence-electron chi connectivity index (χ0n) is 17.9. The van der Waals surface area contributed by atoms with Gasteiger partial charge >= 0.3 is 27.3 Å². The predicted octanol–water partition coefficient (Wildman–Crippen LogP) is 3.97. The van der Waals surface area contributed by atoms with E-state index >= 15 is 0 Å². The molecule has 7 nitrogen and oxygen atoms in total. The molecule has 0 radical (unpaired) electrons. The summed E-state index contributed by atoms with van der Waals surface area (Å²) in [6, 6.07) is 0. The van der Waals surface area contributed by atoms with Crippen molar-refractivity contribution in [1.82, 2.24) is 0 Å². The zero-order valence-corrected chi connectivity index (χ0v) is 18.7. The van der Waals surface area contributed by atoms with Crippen LogP contribution in [0.4, 0.5) is 8.78 Å². The first-order valence-electron chi connectivity index (χ1n) is 11.1. The average Bonchev–Trinajstić information content (AvgIpc) is 2.69. The van der Waals surface area contributed by atoms with E-state index in [2.05, 4.69) is 4.74 Å². The normalized spacial score (nSPS) is 32.3. The first-order chi connectivity index (χ1) is 14.4. The molecule has 0 aromatic rings. The van der Waals surface area contributed by atoms with Crippen molar-refractivity contribution < 1.29 is 40.8 Å². The Morgan fingerprint density at radius 1 is 1.03 bits per heavy atom. The Kier molecular flexibility index (Phi) is 7.30. The number of esters is 2. The number of hydrogen-bond donors (Lipinski definition) is 1. The number of fused-ring (bicyclic) bond motifs is 2. The lowest BCUT2D eigenvalue weighted by atomic mass is 9.59. The Balaban J connectivity index is 1.48. The highest BCUT2D eigenvalue weighted by molar-refractivity contribution is 7.87. The van der Waals surface area contributed by atoms with Gasteiger partial charge in [0.2, 0.25) is 0 Å². The Morgan fingerprint density at radius 2 is 1.61 bits per heavy atom. The lowest BCUT2D eigenvalue weighted by Crippen LogP contribution is -2.43. The molecule has 178 valence electrons. The molecule has 1 N–H and O–H groups in total. The Labute approximate surface area is 182 Å². The average molecular weight is 467 g/mol. The van der Waals surface area contributed by atoms with Crippen LogP contribution < -0.4 is 0 Å². The lowest BCUT2D eigenvalue weighted by molar-refractivity contribution is -0.167. The Morgan fingerprint density at radius 3 is 2.16 bits per heavy atom. The van der Waals surface area contributed by atoms with Crippen LogP contribution in [-0.4, -0.2) is 43.4 Å². The van der Waals surface area contributed by atoms with E-state index in [-0.39, 0.29) is 24.4 Å². The minimum absolute atomic E-state index is 0.0238. The lowest BCUT2D eigenvalue weighted by Gasteiger charge is -2.47. The molecular weight excluding hydrogens is 434 g/mol. The fourth-order valence-electron chi connectivity index (χ4n) is 5.85. The third kappa shape index (κ3) is 5.94. The SMILES string of the molecule is CC1(COC(=O)C(F)(F)S(=O)(=O)O)CC2CC(COC(=O)C3CCCCC3)CC(C2)C1. The standard InChI is InChI=1S/C21H32F2O7S/c1-20(13-30-19(25)21(22,23)31(26,27)28)10-14-7-15(11-20)9-16(8-14)12-29-18(24)17-5-3-2-4-6-17/h14-17H,2-13H2,1H3,(H,26,27,28). The second kappa shape index (κ2) is 9.29.